The first kappa shape index (κ1) is 16.4. The van der Waals surface area contributed by atoms with Gasteiger partial charge in [-0.05, 0) is 40.8 Å². The van der Waals surface area contributed by atoms with E-state index in [0.717, 1.165) is 30.6 Å². The van der Waals surface area contributed by atoms with Crippen LogP contribution in [0.3, 0.4) is 0 Å². The van der Waals surface area contributed by atoms with Gasteiger partial charge in [0.15, 0.2) is 0 Å². The van der Waals surface area contributed by atoms with E-state index in [9.17, 15) is 8.42 Å². The summed E-state index contributed by atoms with van der Waals surface area (Å²) in [7, 11) is -3.46. The van der Waals surface area contributed by atoms with Crippen LogP contribution in [-0.2, 0) is 16.6 Å². The Bertz CT molecular complexity index is 557. The molecular weight excluding hydrogens is 360 g/mol. The van der Waals surface area contributed by atoms with E-state index in [1.165, 1.54) is 17.8 Å². The molecule has 2 atom stereocenters. The smallest absolute Gasteiger partial charge is 0.242 e. The standard InChI is InChI=1S/C13H21BrN2O2S2/c1-2-9-5-3-4-6-11(9)16-20(17,18)12-7-10(8-15)19-13(12)14/h7,9,11,16H,2-6,8,15H2,1H3. The predicted molar refractivity (Wildman–Crippen MR) is 86.3 cm³/mol. The number of hydrogen-bond acceptors (Lipinski definition) is 4. The van der Waals surface area contributed by atoms with Crippen molar-refractivity contribution in [2.45, 2.75) is 56.5 Å². The van der Waals surface area contributed by atoms with Crippen LogP contribution in [0.1, 0.15) is 43.9 Å². The highest BCUT2D eigenvalue weighted by atomic mass is 79.9. The van der Waals surface area contributed by atoms with Gasteiger partial charge in [-0.1, -0.05) is 26.2 Å². The van der Waals surface area contributed by atoms with Gasteiger partial charge in [-0.2, -0.15) is 0 Å². The van der Waals surface area contributed by atoms with Crippen LogP contribution in [-0.4, -0.2) is 14.5 Å². The number of rotatable bonds is 5. The molecule has 0 amide bonds. The number of sulfonamides is 1. The molecule has 2 unspecified atom stereocenters. The highest BCUT2D eigenvalue weighted by molar-refractivity contribution is 9.11. The lowest BCUT2D eigenvalue weighted by Gasteiger charge is -2.31. The highest BCUT2D eigenvalue weighted by Crippen LogP contribution is 2.33. The van der Waals surface area contributed by atoms with Gasteiger partial charge in [0, 0.05) is 17.5 Å². The molecule has 0 radical (unpaired) electrons. The normalized spacial score (nSPS) is 23.9. The minimum Gasteiger partial charge on any atom is -0.326 e. The molecule has 114 valence electrons. The summed E-state index contributed by atoms with van der Waals surface area (Å²) in [5.41, 5.74) is 5.58. The third-order valence-electron chi connectivity index (χ3n) is 3.94. The zero-order valence-corrected chi connectivity index (χ0v) is 14.8. The number of halogens is 1. The summed E-state index contributed by atoms with van der Waals surface area (Å²) in [5, 5.41) is 0. The van der Waals surface area contributed by atoms with Crippen LogP contribution in [0.2, 0.25) is 0 Å². The molecule has 1 heterocycles. The van der Waals surface area contributed by atoms with Gasteiger partial charge in [0.2, 0.25) is 10.0 Å². The van der Waals surface area contributed by atoms with Crippen LogP contribution in [0, 0.1) is 5.92 Å². The maximum Gasteiger partial charge on any atom is 0.242 e. The molecule has 20 heavy (non-hydrogen) atoms. The van der Waals surface area contributed by atoms with E-state index in [1.807, 2.05) is 0 Å². The van der Waals surface area contributed by atoms with E-state index in [4.69, 9.17) is 5.73 Å². The summed E-state index contributed by atoms with van der Waals surface area (Å²) in [6, 6.07) is 1.73. The molecule has 0 aliphatic heterocycles. The van der Waals surface area contributed by atoms with Gasteiger partial charge in [0.1, 0.15) is 4.90 Å². The van der Waals surface area contributed by atoms with Crippen LogP contribution < -0.4 is 10.5 Å². The van der Waals surface area contributed by atoms with Crippen LogP contribution in [0.25, 0.3) is 0 Å². The minimum absolute atomic E-state index is 0.0619. The lowest BCUT2D eigenvalue weighted by Crippen LogP contribution is -2.41. The van der Waals surface area contributed by atoms with E-state index in [1.54, 1.807) is 6.07 Å². The number of nitrogens with one attached hydrogen (secondary N) is 1. The molecule has 1 aliphatic carbocycles. The molecule has 0 bridgehead atoms. The summed E-state index contributed by atoms with van der Waals surface area (Å²) >= 11 is 4.72. The summed E-state index contributed by atoms with van der Waals surface area (Å²) in [4.78, 5) is 1.19. The summed E-state index contributed by atoms with van der Waals surface area (Å²) in [6.45, 7) is 2.49. The second-order valence-corrected chi connectivity index (χ2v) is 9.37. The maximum atomic E-state index is 12.5. The molecule has 0 saturated heterocycles. The lowest BCUT2D eigenvalue weighted by atomic mass is 9.83. The predicted octanol–water partition coefficient (Wildman–Crippen LogP) is 3.22. The van der Waals surface area contributed by atoms with Crippen molar-refractivity contribution in [1.82, 2.24) is 4.72 Å². The van der Waals surface area contributed by atoms with Crippen LogP contribution in [0.4, 0.5) is 0 Å². The monoisotopic (exact) mass is 380 g/mol. The third kappa shape index (κ3) is 3.62. The Morgan fingerprint density at radius 3 is 2.75 bits per heavy atom. The summed E-state index contributed by atoms with van der Waals surface area (Å²) in [5.74, 6) is 0.449. The Balaban J connectivity index is 2.19. The zero-order valence-electron chi connectivity index (χ0n) is 11.6. The average molecular weight is 381 g/mol. The molecule has 0 spiro atoms. The van der Waals surface area contributed by atoms with Crippen molar-refractivity contribution >= 4 is 37.3 Å². The van der Waals surface area contributed by atoms with E-state index in [-0.39, 0.29) is 6.04 Å². The molecule has 1 fully saturated rings. The largest absolute Gasteiger partial charge is 0.326 e. The Hall–Kier alpha value is 0.0500. The molecule has 3 N–H and O–H groups in total. The Kier molecular flexibility index (Phi) is 5.64. The summed E-state index contributed by atoms with van der Waals surface area (Å²) in [6.07, 6.45) is 5.37. The Labute approximate surface area is 133 Å². The Morgan fingerprint density at radius 1 is 1.45 bits per heavy atom. The molecule has 7 heteroatoms. The zero-order chi connectivity index (χ0) is 14.8. The van der Waals surface area contributed by atoms with E-state index in [0.29, 0.717) is 21.1 Å². The first-order valence-electron chi connectivity index (χ1n) is 6.98. The van der Waals surface area contributed by atoms with Gasteiger partial charge in [0.25, 0.3) is 0 Å². The van der Waals surface area contributed by atoms with E-state index >= 15 is 0 Å². The van der Waals surface area contributed by atoms with Crippen LogP contribution in [0.15, 0.2) is 14.7 Å². The SMILES string of the molecule is CCC1CCCCC1NS(=O)(=O)c1cc(CN)sc1Br. The van der Waals surface area contributed by atoms with Gasteiger partial charge < -0.3 is 5.73 Å². The average Bonchev–Trinajstić information content (AvgIpc) is 2.81. The fraction of sp³-hybridized carbons (Fsp3) is 0.692. The molecule has 4 nitrogen and oxygen atoms in total. The van der Waals surface area contributed by atoms with Gasteiger partial charge >= 0.3 is 0 Å². The fourth-order valence-electron chi connectivity index (χ4n) is 2.80. The van der Waals surface area contributed by atoms with Crippen molar-refractivity contribution < 1.29 is 8.42 Å². The minimum atomic E-state index is -3.46. The van der Waals surface area contributed by atoms with Crippen molar-refractivity contribution in [1.29, 1.82) is 0 Å². The van der Waals surface area contributed by atoms with Crippen molar-refractivity contribution in [2.24, 2.45) is 11.7 Å². The molecule has 0 aromatic carbocycles. The summed E-state index contributed by atoms with van der Waals surface area (Å²) < 4.78 is 28.6. The topological polar surface area (TPSA) is 72.2 Å². The molecule has 2 rings (SSSR count). The fourth-order valence-corrected chi connectivity index (χ4v) is 6.70. The second kappa shape index (κ2) is 6.87. The van der Waals surface area contributed by atoms with Crippen molar-refractivity contribution in [3.63, 3.8) is 0 Å². The number of hydrogen-bond donors (Lipinski definition) is 2. The van der Waals surface area contributed by atoms with Crippen LogP contribution >= 0.6 is 27.3 Å². The molecule has 1 aliphatic rings. The van der Waals surface area contributed by atoms with Gasteiger partial charge in [-0.3, -0.25) is 0 Å². The quantitative estimate of drug-likeness (QED) is 0.823. The maximum absolute atomic E-state index is 12.5. The molecule has 1 aromatic heterocycles. The van der Waals surface area contributed by atoms with Gasteiger partial charge in [0.05, 0.1) is 3.79 Å². The molecule has 1 saturated carbocycles. The van der Waals surface area contributed by atoms with Crippen molar-refractivity contribution in [2.75, 3.05) is 0 Å². The van der Waals surface area contributed by atoms with E-state index < -0.39 is 10.0 Å². The first-order valence-corrected chi connectivity index (χ1v) is 10.1. The first-order chi connectivity index (χ1) is 9.47. The number of nitrogens with two attached hydrogens (primary N) is 1. The van der Waals surface area contributed by atoms with E-state index in [2.05, 4.69) is 27.6 Å². The second-order valence-electron chi connectivity index (χ2n) is 5.24. The van der Waals surface area contributed by atoms with Gasteiger partial charge in [-0.15, -0.1) is 11.3 Å². The molecular formula is C13H21BrN2O2S2. The highest BCUT2D eigenvalue weighted by Gasteiger charge is 2.30. The van der Waals surface area contributed by atoms with Crippen molar-refractivity contribution in [3.8, 4) is 0 Å². The Morgan fingerprint density at radius 2 is 2.15 bits per heavy atom. The third-order valence-corrected chi connectivity index (χ3v) is 7.70. The molecule has 1 aromatic rings. The van der Waals surface area contributed by atoms with Crippen molar-refractivity contribution in [3.05, 3.63) is 14.7 Å². The number of thiophene rings is 1. The van der Waals surface area contributed by atoms with Crippen LogP contribution in [0.5, 0.6) is 0 Å². The van der Waals surface area contributed by atoms with Gasteiger partial charge in [-0.25, -0.2) is 13.1 Å². The lowest BCUT2D eigenvalue weighted by molar-refractivity contribution is 0.282.